The van der Waals surface area contributed by atoms with Crippen LogP contribution in [0.5, 0.6) is 0 Å². The molecule has 0 unspecified atom stereocenters. The van der Waals surface area contributed by atoms with E-state index in [9.17, 15) is 4.79 Å². The van der Waals surface area contributed by atoms with Crippen molar-refractivity contribution in [1.29, 1.82) is 0 Å². The molecule has 0 fully saturated rings. The van der Waals surface area contributed by atoms with E-state index in [4.69, 9.17) is 11.5 Å². The normalized spacial score (nSPS) is 11.9. The number of hydrogen-bond acceptors (Lipinski definition) is 3. The Morgan fingerprint density at radius 2 is 1.76 bits per heavy atom. The van der Waals surface area contributed by atoms with E-state index in [0.29, 0.717) is 11.1 Å². The molecule has 0 aliphatic rings. The highest BCUT2D eigenvalue weighted by atomic mass is 16.1. The van der Waals surface area contributed by atoms with Gasteiger partial charge in [0.25, 0.3) is 0 Å². The van der Waals surface area contributed by atoms with E-state index in [-0.39, 0.29) is 16.5 Å². The van der Waals surface area contributed by atoms with Crippen LogP contribution in [0.3, 0.4) is 0 Å². The molecular formula is C13H17N3O. The van der Waals surface area contributed by atoms with Gasteiger partial charge in [0.1, 0.15) is 0 Å². The lowest BCUT2D eigenvalue weighted by molar-refractivity contribution is 0.593. The van der Waals surface area contributed by atoms with Crippen molar-refractivity contribution in [2.24, 2.45) is 0 Å². The van der Waals surface area contributed by atoms with Crippen LogP contribution in [-0.4, -0.2) is 4.98 Å². The fourth-order valence-corrected chi connectivity index (χ4v) is 1.95. The second kappa shape index (κ2) is 3.52. The molecule has 1 aromatic heterocycles. The lowest BCUT2D eigenvalue weighted by Crippen LogP contribution is -2.16. The van der Waals surface area contributed by atoms with Crippen LogP contribution >= 0.6 is 0 Å². The summed E-state index contributed by atoms with van der Waals surface area (Å²) in [4.78, 5) is 14.9. The van der Waals surface area contributed by atoms with E-state index in [1.54, 1.807) is 6.07 Å². The van der Waals surface area contributed by atoms with Gasteiger partial charge in [0.15, 0.2) is 0 Å². The standard InChI is InChI=1S/C13H17N3O/c1-13(2,3)8-5-11-7(4-9(8)14)12(17)10(15)6-16-11/h4-6H,14-15H2,1-3H3,(H,16,17). The predicted octanol–water partition coefficient (Wildman–Crippen LogP) is 1.99. The van der Waals surface area contributed by atoms with Crippen molar-refractivity contribution in [2.75, 3.05) is 11.5 Å². The number of rotatable bonds is 0. The monoisotopic (exact) mass is 231 g/mol. The molecule has 0 saturated heterocycles. The molecule has 2 aromatic rings. The first kappa shape index (κ1) is 11.5. The van der Waals surface area contributed by atoms with Crippen LogP contribution in [0.1, 0.15) is 26.3 Å². The maximum atomic E-state index is 11.8. The Labute approximate surface area is 99.6 Å². The summed E-state index contributed by atoms with van der Waals surface area (Å²) in [6.07, 6.45) is 1.52. The summed E-state index contributed by atoms with van der Waals surface area (Å²) in [7, 11) is 0. The van der Waals surface area contributed by atoms with Gasteiger partial charge in [0.05, 0.1) is 5.69 Å². The van der Waals surface area contributed by atoms with Gasteiger partial charge in [0, 0.05) is 22.8 Å². The number of pyridine rings is 1. The van der Waals surface area contributed by atoms with Gasteiger partial charge in [-0.15, -0.1) is 0 Å². The molecule has 0 bridgehead atoms. The molecule has 0 aliphatic heterocycles. The van der Waals surface area contributed by atoms with E-state index in [2.05, 4.69) is 25.8 Å². The first-order valence-electron chi connectivity index (χ1n) is 5.51. The number of H-pyrrole nitrogens is 1. The molecule has 4 nitrogen and oxygen atoms in total. The Bertz CT molecular complexity index is 635. The zero-order valence-electron chi connectivity index (χ0n) is 10.3. The SMILES string of the molecule is CC(C)(C)c1cc2[nH]cc(N)c(=O)c2cc1N. The number of aromatic amines is 1. The Morgan fingerprint density at radius 3 is 2.35 bits per heavy atom. The summed E-state index contributed by atoms with van der Waals surface area (Å²) >= 11 is 0. The van der Waals surface area contributed by atoms with E-state index >= 15 is 0 Å². The maximum Gasteiger partial charge on any atom is 0.212 e. The highest BCUT2D eigenvalue weighted by Crippen LogP contribution is 2.30. The molecule has 0 aliphatic carbocycles. The molecule has 0 amide bonds. The van der Waals surface area contributed by atoms with Gasteiger partial charge < -0.3 is 16.5 Å². The smallest absolute Gasteiger partial charge is 0.212 e. The number of nitrogens with one attached hydrogen (secondary N) is 1. The second-order valence-electron chi connectivity index (χ2n) is 5.31. The van der Waals surface area contributed by atoms with Gasteiger partial charge in [-0.25, -0.2) is 0 Å². The molecule has 17 heavy (non-hydrogen) atoms. The van der Waals surface area contributed by atoms with Gasteiger partial charge in [-0.2, -0.15) is 0 Å². The molecule has 0 atom stereocenters. The van der Waals surface area contributed by atoms with Crippen molar-refractivity contribution in [3.05, 3.63) is 34.1 Å². The third kappa shape index (κ3) is 1.86. The summed E-state index contributed by atoms with van der Waals surface area (Å²) in [5.74, 6) is 0. The van der Waals surface area contributed by atoms with Gasteiger partial charge in [0.2, 0.25) is 5.43 Å². The molecule has 0 radical (unpaired) electrons. The average Bonchev–Trinajstić information content (AvgIpc) is 2.22. The zero-order valence-corrected chi connectivity index (χ0v) is 10.3. The van der Waals surface area contributed by atoms with Crippen molar-refractivity contribution in [1.82, 2.24) is 4.98 Å². The molecule has 0 spiro atoms. The number of benzene rings is 1. The number of fused-ring (bicyclic) bond motifs is 1. The van der Waals surface area contributed by atoms with Crippen molar-refractivity contribution in [3.63, 3.8) is 0 Å². The van der Waals surface area contributed by atoms with E-state index < -0.39 is 0 Å². The van der Waals surface area contributed by atoms with E-state index in [1.807, 2.05) is 6.07 Å². The minimum absolute atomic E-state index is 0.0590. The van der Waals surface area contributed by atoms with E-state index in [0.717, 1.165) is 11.1 Å². The van der Waals surface area contributed by atoms with Crippen LogP contribution in [0, 0.1) is 0 Å². The number of hydrogen-bond donors (Lipinski definition) is 3. The molecule has 90 valence electrons. The zero-order chi connectivity index (χ0) is 12.8. The van der Waals surface area contributed by atoms with Crippen molar-refractivity contribution < 1.29 is 0 Å². The molecule has 1 heterocycles. The number of anilines is 2. The van der Waals surface area contributed by atoms with Gasteiger partial charge in [-0.05, 0) is 23.1 Å². The first-order valence-corrected chi connectivity index (χ1v) is 5.51. The number of nitrogen functional groups attached to an aromatic ring is 2. The largest absolute Gasteiger partial charge is 0.398 e. The average molecular weight is 231 g/mol. The Kier molecular flexibility index (Phi) is 2.38. The molecular weight excluding hydrogens is 214 g/mol. The molecule has 2 rings (SSSR count). The van der Waals surface area contributed by atoms with Gasteiger partial charge in [-0.1, -0.05) is 20.8 Å². The number of nitrogens with two attached hydrogens (primary N) is 2. The molecule has 1 aromatic carbocycles. The summed E-state index contributed by atoms with van der Waals surface area (Å²) in [6.45, 7) is 6.25. The summed E-state index contributed by atoms with van der Waals surface area (Å²) in [5.41, 5.74) is 14.0. The quantitative estimate of drug-likeness (QED) is 0.606. The van der Waals surface area contributed by atoms with Crippen molar-refractivity contribution in [3.8, 4) is 0 Å². The highest BCUT2D eigenvalue weighted by molar-refractivity contribution is 5.85. The first-order chi connectivity index (χ1) is 7.80. The number of aromatic nitrogens is 1. The van der Waals surface area contributed by atoms with Crippen LogP contribution in [0.4, 0.5) is 11.4 Å². The maximum absolute atomic E-state index is 11.8. The summed E-state index contributed by atoms with van der Waals surface area (Å²) in [5, 5.41) is 0.538. The summed E-state index contributed by atoms with van der Waals surface area (Å²) in [6, 6.07) is 3.62. The Morgan fingerprint density at radius 1 is 1.12 bits per heavy atom. The third-order valence-electron chi connectivity index (χ3n) is 2.89. The highest BCUT2D eigenvalue weighted by Gasteiger charge is 2.18. The van der Waals surface area contributed by atoms with Crippen LogP contribution in [-0.2, 0) is 5.41 Å². The fraction of sp³-hybridized carbons (Fsp3) is 0.308. The van der Waals surface area contributed by atoms with Crippen LogP contribution in [0.2, 0.25) is 0 Å². The van der Waals surface area contributed by atoms with Crippen LogP contribution < -0.4 is 16.9 Å². The van der Waals surface area contributed by atoms with Crippen molar-refractivity contribution >= 4 is 22.3 Å². The Balaban J connectivity index is 2.85. The minimum Gasteiger partial charge on any atom is -0.398 e. The topological polar surface area (TPSA) is 84.9 Å². The van der Waals surface area contributed by atoms with E-state index in [1.165, 1.54) is 6.20 Å². The second-order valence-corrected chi connectivity index (χ2v) is 5.31. The fourth-order valence-electron chi connectivity index (χ4n) is 1.95. The minimum atomic E-state index is -0.175. The van der Waals surface area contributed by atoms with Gasteiger partial charge >= 0.3 is 0 Å². The molecule has 0 saturated carbocycles. The van der Waals surface area contributed by atoms with Crippen LogP contribution in [0.15, 0.2) is 23.1 Å². The molecule has 5 N–H and O–H groups in total. The van der Waals surface area contributed by atoms with Crippen LogP contribution in [0.25, 0.3) is 10.9 Å². The summed E-state index contributed by atoms with van der Waals surface area (Å²) < 4.78 is 0. The predicted molar refractivity (Wildman–Crippen MR) is 72.1 cm³/mol. The lowest BCUT2D eigenvalue weighted by Gasteiger charge is -2.21. The lowest BCUT2D eigenvalue weighted by atomic mass is 9.85. The molecule has 4 heteroatoms. The van der Waals surface area contributed by atoms with Crippen molar-refractivity contribution in [2.45, 2.75) is 26.2 Å². The Hall–Kier alpha value is -1.97. The third-order valence-corrected chi connectivity index (χ3v) is 2.89. The van der Waals surface area contributed by atoms with Gasteiger partial charge in [-0.3, -0.25) is 4.79 Å².